The first-order valence-corrected chi connectivity index (χ1v) is 35.8. The number of imide groups is 2. The van der Waals surface area contributed by atoms with E-state index in [1.54, 1.807) is 45.9 Å². The molecule has 6 aliphatic heterocycles. The van der Waals surface area contributed by atoms with Gasteiger partial charge in [-0.2, -0.15) is 0 Å². The normalized spacial score (nSPS) is 29.2. The highest BCUT2D eigenvalue weighted by Crippen LogP contribution is 2.39. The number of nitrogens with zero attached hydrogens (tertiary/aromatic N) is 3. The van der Waals surface area contributed by atoms with Gasteiger partial charge in [-0.15, -0.1) is 35.3 Å². The number of H-pyrrole nitrogens is 1. The number of rotatable bonds is 12. The summed E-state index contributed by atoms with van der Waals surface area (Å²) in [6.45, 7) is 5.10. The standard InChI is InChI=1S/C59H81N12O16PS3/c1-5-30(3)51-43(75)19-33-18-38-37-17-32(16-35(72)8-7-15-88(87)63-11-13-69-49(79)23-44(58(69)85)90-29-91-45-24-50(80)70(59(45)86)14-12-64-88)9-10-39(37)66-56(38)89-28-40(65-47(77)25-62-55(83)52(31(4)6-2)67-48(78)26-61-53(33)81)42(74)20-34(21-46(60)76)57(84)71-27-36(73)22-41(71)54(82)68-51/h9-10,17,30-31,33-34,36,40-41,44-45,51-52,66,73H,5-8,11-16,18-29H2,1-4H3,(H2,60,76)(H,61,81)(H,62,83)(H,65,77)(H,67,78)(H,68,82)(H2,63,64,87)/t30?,31-,33+,34-,36+,40-,41-,44?,45?,51-,52-,88?/m0/s1. The molecule has 3 unspecified atom stereocenters. The van der Waals surface area contributed by atoms with Crippen LogP contribution in [0, 0.1) is 23.7 Å². The summed E-state index contributed by atoms with van der Waals surface area (Å²) in [5, 5.41) is 30.0. The third-order valence-electron chi connectivity index (χ3n) is 17.6. The number of thioether (sulfide) groups is 3. The zero-order chi connectivity index (χ0) is 66.0. The molecule has 11 N–H and O–H groups in total. The number of amides is 11. The molecule has 496 valence electrons. The van der Waals surface area contributed by atoms with Crippen LogP contribution in [-0.2, 0) is 84.5 Å². The molecule has 0 radical (unpaired) electrons. The Labute approximate surface area is 538 Å². The third kappa shape index (κ3) is 17.8. The van der Waals surface area contributed by atoms with Gasteiger partial charge in [0, 0.05) is 118 Å². The Morgan fingerprint density at radius 2 is 1.35 bits per heavy atom. The molecule has 6 aliphatic rings. The molecule has 0 aliphatic carbocycles. The number of ketones is 3. The summed E-state index contributed by atoms with van der Waals surface area (Å²) in [5.41, 5.74) is 7.07. The van der Waals surface area contributed by atoms with E-state index in [1.165, 1.54) is 23.5 Å². The summed E-state index contributed by atoms with van der Waals surface area (Å²) in [7, 11) is -3.61. The van der Waals surface area contributed by atoms with Gasteiger partial charge in [-0.25, -0.2) is 0 Å². The number of nitrogens with one attached hydrogen (secondary N) is 8. The summed E-state index contributed by atoms with van der Waals surface area (Å²) in [4.78, 5) is 200. The molecule has 0 spiro atoms. The van der Waals surface area contributed by atoms with E-state index in [2.05, 4.69) is 41.7 Å². The molecule has 1 aromatic heterocycles. The van der Waals surface area contributed by atoms with Gasteiger partial charge in [-0.1, -0.05) is 46.6 Å². The van der Waals surface area contributed by atoms with Crippen LogP contribution in [0.4, 0.5) is 0 Å². The highest BCUT2D eigenvalue weighted by Gasteiger charge is 2.46. The van der Waals surface area contributed by atoms with Crippen LogP contribution < -0.4 is 42.5 Å². The smallest absolute Gasteiger partial charge is 0.243 e. The van der Waals surface area contributed by atoms with Gasteiger partial charge in [0.15, 0.2) is 11.6 Å². The maximum atomic E-state index is 14.9. The van der Waals surface area contributed by atoms with Gasteiger partial charge < -0.3 is 47.3 Å². The number of benzene rings is 1. The summed E-state index contributed by atoms with van der Waals surface area (Å²) in [5.74, 6) is -13.0. The second-order valence-electron chi connectivity index (χ2n) is 24.2. The van der Waals surface area contributed by atoms with Crippen molar-refractivity contribution in [3.8, 4) is 0 Å². The topological polar surface area (TPSA) is 412 Å². The van der Waals surface area contributed by atoms with Gasteiger partial charge >= 0.3 is 0 Å². The molecule has 28 nitrogen and oxygen atoms in total. The number of nitrogens with two attached hydrogens (primary N) is 1. The lowest BCUT2D eigenvalue weighted by atomic mass is 9.86. The first kappa shape index (κ1) is 70.4. The second-order valence-corrected chi connectivity index (χ2v) is 30.5. The number of primary amides is 1. The van der Waals surface area contributed by atoms with Crippen LogP contribution in [0.3, 0.4) is 0 Å². The van der Waals surface area contributed by atoms with Gasteiger partial charge in [0.05, 0.1) is 52.7 Å². The van der Waals surface area contributed by atoms with Gasteiger partial charge in [-0.3, -0.25) is 91.7 Å². The van der Waals surface area contributed by atoms with Crippen molar-refractivity contribution in [2.24, 2.45) is 29.4 Å². The number of aromatic nitrogens is 1. The lowest BCUT2D eigenvalue weighted by Gasteiger charge is -2.31. The molecule has 7 heterocycles. The Morgan fingerprint density at radius 3 is 1.98 bits per heavy atom. The molecule has 4 fully saturated rings. The van der Waals surface area contributed by atoms with Crippen LogP contribution in [0.2, 0.25) is 0 Å². The van der Waals surface area contributed by atoms with Crippen LogP contribution >= 0.6 is 42.7 Å². The average Bonchev–Trinajstić information content (AvgIpc) is 1.71. The number of aliphatic hydroxyl groups excluding tert-OH is 1. The lowest BCUT2D eigenvalue weighted by Crippen LogP contribution is -2.55. The van der Waals surface area contributed by atoms with E-state index in [1.807, 2.05) is 0 Å². The largest absolute Gasteiger partial charge is 0.391 e. The first-order valence-electron chi connectivity index (χ1n) is 30.8. The van der Waals surface area contributed by atoms with Crippen molar-refractivity contribution in [1.29, 1.82) is 0 Å². The Morgan fingerprint density at radius 1 is 0.736 bits per heavy atom. The second kappa shape index (κ2) is 31.4. The van der Waals surface area contributed by atoms with Crippen molar-refractivity contribution < 1.29 is 76.8 Å². The van der Waals surface area contributed by atoms with E-state index in [9.17, 15) is 76.8 Å². The number of aliphatic hydroxyl groups is 1. The summed E-state index contributed by atoms with van der Waals surface area (Å²) >= 11 is 3.51. The molecule has 2 aromatic rings. The van der Waals surface area contributed by atoms with Gasteiger partial charge in [0.2, 0.25) is 72.4 Å². The van der Waals surface area contributed by atoms with Crippen LogP contribution in [0.15, 0.2) is 23.2 Å². The molecule has 11 atom stereocenters. The van der Waals surface area contributed by atoms with Crippen molar-refractivity contribution in [3.05, 3.63) is 29.3 Å². The van der Waals surface area contributed by atoms with Crippen LogP contribution in [0.25, 0.3) is 10.9 Å². The van der Waals surface area contributed by atoms with Crippen LogP contribution in [0.1, 0.15) is 103 Å². The Balaban J connectivity index is 1.12. The Kier molecular flexibility index (Phi) is 24.3. The highest BCUT2D eigenvalue weighted by atomic mass is 32.2. The van der Waals surface area contributed by atoms with Crippen molar-refractivity contribution in [2.75, 3.05) is 62.8 Å². The first-order chi connectivity index (χ1) is 43.3. The van der Waals surface area contributed by atoms with E-state index < -0.39 is 169 Å². The molecular weight excluding hydrogens is 1260 g/mol. The molecule has 11 amide bonds. The van der Waals surface area contributed by atoms with E-state index in [0.29, 0.717) is 45.0 Å². The zero-order valence-corrected chi connectivity index (χ0v) is 54.6. The van der Waals surface area contributed by atoms with E-state index in [0.717, 1.165) is 26.5 Å². The van der Waals surface area contributed by atoms with E-state index in [-0.39, 0.29) is 107 Å². The fourth-order valence-electron chi connectivity index (χ4n) is 12.1. The van der Waals surface area contributed by atoms with Crippen molar-refractivity contribution in [3.63, 3.8) is 0 Å². The molecule has 0 saturated carbocycles. The Bertz CT molecular complexity index is 3230. The maximum Gasteiger partial charge on any atom is 0.243 e. The fraction of sp³-hybridized carbons (Fsp3) is 0.627. The third-order valence-corrected chi connectivity index (χ3v) is 23.8. The predicted molar refractivity (Wildman–Crippen MR) is 336 cm³/mol. The summed E-state index contributed by atoms with van der Waals surface area (Å²) in [6, 6.07) is -0.172. The summed E-state index contributed by atoms with van der Waals surface area (Å²) < 4.78 is 14.6. The summed E-state index contributed by atoms with van der Waals surface area (Å²) in [6.07, 6.45) is -3.10. The fourth-order valence-corrected chi connectivity index (χ4v) is 17.9. The minimum Gasteiger partial charge on any atom is -0.391 e. The molecule has 1 aromatic carbocycles. The number of hydrogen-bond acceptors (Lipinski definition) is 19. The monoisotopic (exact) mass is 1340 g/mol. The quantitative estimate of drug-likeness (QED) is 0.0950. The number of aromatic amines is 1. The van der Waals surface area contributed by atoms with Gasteiger partial charge in [-0.05, 0) is 47.9 Å². The SMILES string of the molecule is CCC(C)[C@@H]1NC(=O)[C@@H]2C[C@@H](O)CN2C(=O)[C@H](CC(N)=O)CC(=O)[C@@H]2CSc3[nH]c4ccc(CC(=O)CCCP5(=O)NCCN6C(=O)CC(SCSC7CC(=O)N(CCN5)C7=O)C6=O)cc4c3C[C@H](CC1=O)C(=O)NCC(=O)N[C@@H]([C@@H](C)CC)C(=O)NCC(=O)N2. The molecular formula is C59H81N12O16PS3. The van der Waals surface area contributed by atoms with E-state index >= 15 is 0 Å². The van der Waals surface area contributed by atoms with Crippen molar-refractivity contribution in [1.82, 2.24) is 56.4 Å². The van der Waals surface area contributed by atoms with Crippen molar-refractivity contribution in [2.45, 2.75) is 151 Å². The average molecular weight is 1340 g/mol. The number of fused-ring (bicyclic) bond motifs is 9. The molecule has 6 bridgehead atoms. The zero-order valence-electron chi connectivity index (χ0n) is 51.3. The number of hydrogen-bond donors (Lipinski definition) is 10. The van der Waals surface area contributed by atoms with Gasteiger partial charge in [0.1, 0.15) is 17.9 Å². The van der Waals surface area contributed by atoms with Crippen LogP contribution in [0.5, 0.6) is 0 Å². The minimum absolute atomic E-state index is 0.0299. The van der Waals surface area contributed by atoms with Crippen molar-refractivity contribution >= 4 is 136 Å². The number of Topliss-reactive ketones (excluding diaryl/α,β-unsaturated/α-hetero) is 3. The number of carbonyl (C=O) groups is 14. The molecule has 32 heteroatoms. The highest BCUT2D eigenvalue weighted by molar-refractivity contribution is 8.17. The van der Waals surface area contributed by atoms with Crippen LogP contribution in [-0.4, -0.2) is 211 Å². The maximum absolute atomic E-state index is 14.9. The predicted octanol–water partition coefficient (Wildman–Crippen LogP) is -0.447. The molecule has 91 heavy (non-hydrogen) atoms. The minimum atomic E-state index is -3.61. The van der Waals surface area contributed by atoms with Gasteiger partial charge in [0.25, 0.3) is 0 Å². The lowest BCUT2D eigenvalue weighted by molar-refractivity contribution is -0.145. The molecule has 8 rings (SSSR count). The van der Waals surface area contributed by atoms with E-state index in [4.69, 9.17) is 5.73 Å². The Hall–Kier alpha value is -6.50. The number of carbonyl (C=O) groups excluding carboxylic acids is 14. The molecule has 4 saturated heterocycles.